The highest BCUT2D eigenvalue weighted by molar-refractivity contribution is 7.80. The Kier molecular flexibility index (Phi) is 2.39. The number of nitrogen functional groups attached to an aromatic ring is 1. The zero-order chi connectivity index (χ0) is 10.8. The molecular formula is C10H10N4S. The molecule has 0 amide bonds. The molecule has 0 unspecified atom stereocenters. The molecule has 0 spiro atoms. The maximum absolute atomic E-state index is 5.71. The first-order chi connectivity index (χ1) is 7.18. The van der Waals surface area contributed by atoms with Crippen molar-refractivity contribution < 1.29 is 0 Å². The summed E-state index contributed by atoms with van der Waals surface area (Å²) < 4.78 is 1.34. The number of nitrogens with two attached hydrogens (primary N) is 2. The second-order valence-electron chi connectivity index (χ2n) is 3.07. The monoisotopic (exact) mass is 218 g/mol. The van der Waals surface area contributed by atoms with Crippen molar-refractivity contribution in [2.45, 2.75) is 0 Å². The van der Waals surface area contributed by atoms with Crippen LogP contribution in [0.5, 0.6) is 0 Å². The van der Waals surface area contributed by atoms with E-state index in [1.165, 1.54) is 4.68 Å². The van der Waals surface area contributed by atoms with E-state index in [1.54, 1.807) is 6.07 Å². The molecule has 1 heterocycles. The van der Waals surface area contributed by atoms with Crippen LogP contribution in [0.15, 0.2) is 36.4 Å². The predicted molar refractivity (Wildman–Crippen MR) is 64.3 cm³/mol. The number of rotatable bonds is 1. The van der Waals surface area contributed by atoms with Gasteiger partial charge in [0.05, 0.1) is 5.69 Å². The maximum Gasteiger partial charge on any atom is 0.193 e. The SMILES string of the molecule is NC(=S)n1nc(-c2ccccc2)cc1N. The fourth-order valence-electron chi connectivity index (χ4n) is 1.32. The van der Waals surface area contributed by atoms with Crippen molar-refractivity contribution in [2.24, 2.45) is 5.73 Å². The third-order valence-corrected chi connectivity index (χ3v) is 2.19. The van der Waals surface area contributed by atoms with Gasteiger partial charge < -0.3 is 11.5 Å². The first kappa shape index (κ1) is 9.67. The lowest BCUT2D eigenvalue weighted by Crippen LogP contribution is -2.21. The molecule has 2 rings (SSSR count). The van der Waals surface area contributed by atoms with Gasteiger partial charge in [-0.15, -0.1) is 0 Å². The van der Waals surface area contributed by atoms with Crippen molar-refractivity contribution in [2.75, 3.05) is 5.73 Å². The van der Waals surface area contributed by atoms with Crippen LogP contribution in [0.3, 0.4) is 0 Å². The molecule has 1 aromatic heterocycles. The van der Waals surface area contributed by atoms with E-state index in [1.807, 2.05) is 30.3 Å². The third-order valence-electron chi connectivity index (χ3n) is 2.02. The van der Waals surface area contributed by atoms with Gasteiger partial charge in [-0.05, 0) is 12.2 Å². The fraction of sp³-hybridized carbons (Fsp3) is 0. The molecule has 1 aromatic carbocycles. The molecule has 0 saturated heterocycles. The predicted octanol–water partition coefficient (Wildman–Crippen LogP) is 1.22. The first-order valence-electron chi connectivity index (χ1n) is 4.39. The molecule has 5 heteroatoms. The van der Waals surface area contributed by atoms with Crippen LogP contribution in [0.2, 0.25) is 0 Å². The summed E-state index contributed by atoms with van der Waals surface area (Å²) in [5, 5.41) is 4.35. The molecule has 0 radical (unpaired) electrons. The van der Waals surface area contributed by atoms with Gasteiger partial charge in [0.1, 0.15) is 5.82 Å². The summed E-state index contributed by atoms with van der Waals surface area (Å²) >= 11 is 4.81. The van der Waals surface area contributed by atoms with Gasteiger partial charge in [0.2, 0.25) is 0 Å². The lowest BCUT2D eigenvalue weighted by molar-refractivity contribution is 0.954. The van der Waals surface area contributed by atoms with Crippen LogP contribution in [0.1, 0.15) is 0 Å². The maximum atomic E-state index is 5.71. The largest absolute Gasteiger partial charge is 0.383 e. The van der Waals surface area contributed by atoms with Gasteiger partial charge in [-0.3, -0.25) is 0 Å². The highest BCUT2D eigenvalue weighted by Crippen LogP contribution is 2.19. The summed E-state index contributed by atoms with van der Waals surface area (Å²) in [5.74, 6) is 0.446. The number of nitrogens with zero attached hydrogens (tertiary/aromatic N) is 2. The molecule has 0 fully saturated rings. The van der Waals surface area contributed by atoms with Crippen LogP contribution < -0.4 is 11.5 Å². The minimum Gasteiger partial charge on any atom is -0.383 e. The van der Waals surface area contributed by atoms with E-state index in [4.69, 9.17) is 23.7 Å². The minimum absolute atomic E-state index is 0.148. The summed E-state index contributed by atoms with van der Waals surface area (Å²) in [5.41, 5.74) is 12.9. The molecule has 0 saturated carbocycles. The first-order valence-corrected chi connectivity index (χ1v) is 4.80. The van der Waals surface area contributed by atoms with E-state index < -0.39 is 0 Å². The molecule has 0 aliphatic carbocycles. The van der Waals surface area contributed by atoms with Crippen LogP contribution in [-0.4, -0.2) is 14.9 Å². The molecule has 0 bridgehead atoms. The molecule has 2 aromatic rings. The second kappa shape index (κ2) is 3.70. The molecule has 0 aliphatic heterocycles. The van der Waals surface area contributed by atoms with Crippen LogP contribution in [0, 0.1) is 0 Å². The zero-order valence-electron chi connectivity index (χ0n) is 7.92. The molecular weight excluding hydrogens is 208 g/mol. The Morgan fingerprint density at radius 3 is 2.47 bits per heavy atom. The van der Waals surface area contributed by atoms with E-state index in [2.05, 4.69) is 5.10 Å². The standard InChI is InChI=1S/C10H10N4S/c11-9-6-8(13-14(9)10(12)15)7-4-2-1-3-5-7/h1-6H,11H2,(H2,12,15). The highest BCUT2D eigenvalue weighted by atomic mass is 32.1. The van der Waals surface area contributed by atoms with E-state index in [9.17, 15) is 0 Å². The Morgan fingerprint density at radius 2 is 1.93 bits per heavy atom. The lowest BCUT2D eigenvalue weighted by Gasteiger charge is -1.98. The summed E-state index contributed by atoms with van der Waals surface area (Å²) in [6.07, 6.45) is 0. The van der Waals surface area contributed by atoms with Crippen molar-refractivity contribution in [3.8, 4) is 11.3 Å². The van der Waals surface area contributed by atoms with Gasteiger partial charge in [0.25, 0.3) is 0 Å². The summed E-state index contributed by atoms with van der Waals surface area (Å²) in [6, 6.07) is 11.5. The Hall–Kier alpha value is -1.88. The lowest BCUT2D eigenvalue weighted by atomic mass is 10.2. The third kappa shape index (κ3) is 1.82. The van der Waals surface area contributed by atoms with Crippen molar-refractivity contribution in [3.63, 3.8) is 0 Å². The number of hydrogen-bond donors (Lipinski definition) is 2. The second-order valence-corrected chi connectivity index (χ2v) is 3.49. The zero-order valence-corrected chi connectivity index (χ0v) is 8.74. The van der Waals surface area contributed by atoms with Crippen LogP contribution in [-0.2, 0) is 0 Å². The van der Waals surface area contributed by atoms with Crippen LogP contribution in [0.25, 0.3) is 11.3 Å². The molecule has 4 nitrogen and oxygen atoms in total. The number of aromatic nitrogens is 2. The summed E-state index contributed by atoms with van der Waals surface area (Å²) in [7, 11) is 0. The normalized spacial score (nSPS) is 10.1. The van der Waals surface area contributed by atoms with Crippen LogP contribution >= 0.6 is 12.2 Å². The van der Waals surface area contributed by atoms with E-state index >= 15 is 0 Å². The molecule has 15 heavy (non-hydrogen) atoms. The van der Waals surface area contributed by atoms with Gasteiger partial charge in [-0.25, -0.2) is 0 Å². The van der Waals surface area contributed by atoms with Crippen molar-refractivity contribution in [1.29, 1.82) is 0 Å². The van der Waals surface area contributed by atoms with Gasteiger partial charge in [-0.2, -0.15) is 9.78 Å². The van der Waals surface area contributed by atoms with Crippen molar-refractivity contribution in [3.05, 3.63) is 36.4 Å². The smallest absolute Gasteiger partial charge is 0.193 e. The number of thiocarbonyl (C=S) groups is 1. The molecule has 4 N–H and O–H groups in total. The van der Waals surface area contributed by atoms with Gasteiger partial charge in [0, 0.05) is 11.6 Å². The summed E-state index contributed by atoms with van der Waals surface area (Å²) in [4.78, 5) is 0. The van der Waals surface area contributed by atoms with Gasteiger partial charge in [0.15, 0.2) is 5.11 Å². The Balaban J connectivity index is 2.48. The average Bonchev–Trinajstić information content (AvgIpc) is 2.62. The average molecular weight is 218 g/mol. The Morgan fingerprint density at radius 1 is 1.27 bits per heavy atom. The van der Waals surface area contributed by atoms with Crippen LogP contribution in [0.4, 0.5) is 5.82 Å². The molecule has 76 valence electrons. The van der Waals surface area contributed by atoms with E-state index in [0.717, 1.165) is 11.3 Å². The summed E-state index contributed by atoms with van der Waals surface area (Å²) in [6.45, 7) is 0. The number of hydrogen-bond acceptors (Lipinski definition) is 3. The van der Waals surface area contributed by atoms with Gasteiger partial charge in [-0.1, -0.05) is 30.3 Å². The fourth-order valence-corrected chi connectivity index (χ4v) is 1.47. The highest BCUT2D eigenvalue weighted by Gasteiger charge is 2.07. The van der Waals surface area contributed by atoms with Crippen molar-refractivity contribution >= 4 is 23.1 Å². The number of benzene rings is 1. The Bertz CT molecular complexity index is 489. The quantitative estimate of drug-likeness (QED) is 0.706. The van der Waals surface area contributed by atoms with Gasteiger partial charge >= 0.3 is 0 Å². The minimum atomic E-state index is 0.148. The number of anilines is 1. The van der Waals surface area contributed by atoms with Crippen molar-refractivity contribution in [1.82, 2.24) is 9.78 Å². The Labute approximate surface area is 92.5 Å². The van der Waals surface area contributed by atoms with E-state index in [-0.39, 0.29) is 5.11 Å². The topological polar surface area (TPSA) is 69.9 Å². The molecule has 0 atom stereocenters. The molecule has 0 aliphatic rings. The van der Waals surface area contributed by atoms with E-state index in [0.29, 0.717) is 5.82 Å².